The van der Waals surface area contributed by atoms with E-state index in [1.54, 1.807) is 0 Å². The highest BCUT2D eigenvalue weighted by Crippen LogP contribution is 2.40. The van der Waals surface area contributed by atoms with Gasteiger partial charge in [0.15, 0.2) is 18.2 Å². The molecule has 4 aliphatic rings. The summed E-state index contributed by atoms with van der Waals surface area (Å²) < 4.78 is 45.7. The number of ether oxygens (including phenoxy) is 8. The maximum absolute atomic E-state index is 14.1. The first-order valence-electron chi connectivity index (χ1n) is 40.1. The van der Waals surface area contributed by atoms with Crippen molar-refractivity contribution in [2.45, 2.75) is 404 Å². The number of carboxylic acid groups (broad SMARTS) is 2. The van der Waals surface area contributed by atoms with Gasteiger partial charge in [0.05, 0.1) is 75.9 Å². The van der Waals surface area contributed by atoms with E-state index >= 15 is 0 Å². The fraction of sp³-hybridized carbons (Fsp3) is 0.933. The van der Waals surface area contributed by atoms with Crippen molar-refractivity contribution in [3.8, 4) is 0 Å². The molecular weight excluding hydrogens is 1440 g/mol. The Labute approximate surface area is 640 Å². The van der Waals surface area contributed by atoms with Crippen LogP contribution >= 0.6 is 0 Å². The van der Waals surface area contributed by atoms with E-state index in [0.717, 1.165) is 78.2 Å². The number of carbonyl (C=O) groups is 5. The second-order valence-corrected chi connectivity index (χ2v) is 30.3. The minimum absolute atomic E-state index is 0.0997. The monoisotopic (exact) mass is 1580 g/mol. The minimum atomic E-state index is -3.34. The lowest BCUT2D eigenvalue weighted by Gasteiger charge is -2.51. The van der Waals surface area contributed by atoms with Gasteiger partial charge in [-0.25, -0.2) is 9.59 Å². The number of methoxy groups -OCH3 is 1. The number of amides is 3. The molecule has 0 aromatic rings. The van der Waals surface area contributed by atoms with Crippen LogP contribution in [0.2, 0.25) is 0 Å². The number of carboxylic acids is 2. The number of aliphatic carboxylic acids is 2. The van der Waals surface area contributed by atoms with Crippen LogP contribution in [0, 0.1) is 0 Å². The summed E-state index contributed by atoms with van der Waals surface area (Å²) in [6.45, 7) is 0.339. The predicted octanol–water partition coefficient (Wildman–Crippen LogP) is 0.108. The van der Waals surface area contributed by atoms with Crippen LogP contribution in [-0.2, 0) is 61.9 Å². The molecule has 4 rings (SSSR count). The van der Waals surface area contributed by atoms with Crippen LogP contribution in [0.25, 0.3) is 0 Å². The van der Waals surface area contributed by atoms with E-state index < -0.39 is 240 Å². The summed E-state index contributed by atoms with van der Waals surface area (Å²) >= 11 is 0. The molecule has 34 heteroatoms. The number of hydrogen-bond donors (Lipinski definition) is 21. The van der Waals surface area contributed by atoms with Crippen molar-refractivity contribution in [3.05, 3.63) is 0 Å². The fourth-order valence-electron chi connectivity index (χ4n) is 14.9. The van der Waals surface area contributed by atoms with E-state index in [0.29, 0.717) is 12.8 Å². The number of aliphatic hydroxyl groups is 16. The zero-order chi connectivity index (χ0) is 80.8. The number of hydrogen-bond acceptors (Lipinski definition) is 29. The average Bonchev–Trinajstić information content (AvgIpc) is 0.756. The summed E-state index contributed by atoms with van der Waals surface area (Å²) in [5.41, 5.74) is -2.80. The number of unbranched alkanes of at least 4 members (excludes halogenated alkanes) is 28. The Morgan fingerprint density at radius 2 is 0.945 bits per heavy atom. The van der Waals surface area contributed by atoms with Crippen molar-refractivity contribution in [1.29, 1.82) is 0 Å². The third-order valence-corrected chi connectivity index (χ3v) is 21.5. The molecule has 109 heavy (non-hydrogen) atoms. The first-order valence-corrected chi connectivity index (χ1v) is 40.1. The Bertz CT molecular complexity index is 2520. The summed E-state index contributed by atoms with van der Waals surface area (Å²) in [6, 6.07) is -5.09. The largest absolute Gasteiger partial charge is 0.479 e. The second-order valence-electron chi connectivity index (χ2n) is 30.3. The zero-order valence-corrected chi connectivity index (χ0v) is 64.5. The molecule has 0 radical (unpaired) electrons. The Kier molecular flexibility index (Phi) is 46.7. The lowest BCUT2D eigenvalue weighted by atomic mass is 9.81. The molecule has 4 heterocycles. The van der Waals surface area contributed by atoms with Crippen LogP contribution in [0.4, 0.5) is 0 Å². The van der Waals surface area contributed by atoms with Crippen LogP contribution in [0.1, 0.15) is 245 Å². The molecule has 4 saturated heterocycles. The molecule has 0 aromatic heterocycles. The minimum Gasteiger partial charge on any atom is -0.479 e. The van der Waals surface area contributed by atoms with Crippen molar-refractivity contribution >= 4 is 29.7 Å². The molecule has 26 atom stereocenters. The first-order chi connectivity index (χ1) is 52.1. The molecule has 638 valence electrons. The predicted molar refractivity (Wildman–Crippen MR) is 389 cm³/mol. The summed E-state index contributed by atoms with van der Waals surface area (Å²) in [5.74, 6) is -10.5. The van der Waals surface area contributed by atoms with Gasteiger partial charge in [0, 0.05) is 26.9 Å². The Hall–Kier alpha value is -3.61. The van der Waals surface area contributed by atoms with Gasteiger partial charge >= 0.3 is 11.9 Å². The SMILES string of the molecule is CCCCCCCCCCCCCCCCCCCC[C@@H](O)C(=O)N[C@@H](CO[C@@H]1O[C@H](CO)[C@@H](O[C@@H]2O[C@H](CO)[C@H](O[C@]3(C(=O)O)C[C@H](O)[C@@H](NC(=O)C[C@]4(C(=O)O)C[C@H](O)[C@@H](NC(C)=O)[C@H]([C@H](O)[C@@H](CO)OC)O4)[C@H]([C@H](O)[C@H](O)CO)O3)[C@H](O)[C@H]2O)[C@H](O)[C@H]1O)[C@H](O)[C@H](O)CCCCCCCCCCCCCC. The molecule has 0 saturated carbocycles. The van der Waals surface area contributed by atoms with Gasteiger partial charge in [-0.2, -0.15) is 0 Å². The Morgan fingerprint density at radius 1 is 0.505 bits per heavy atom. The van der Waals surface area contributed by atoms with Crippen molar-refractivity contribution in [2.24, 2.45) is 0 Å². The summed E-state index contributed by atoms with van der Waals surface area (Å²) in [6.07, 6.45) is -11.9. The van der Waals surface area contributed by atoms with Gasteiger partial charge in [0.25, 0.3) is 5.79 Å². The standard InChI is InChI=1S/C75H137N3O31/c1-5-7-9-11-13-15-17-19-20-21-22-23-24-26-28-30-32-34-36-48(85)69(97)77-46(58(90)47(84)35-33-31-29-27-25-18-16-14-12-10-8-6-2)44-103-70-63(95)61(93)65(53(42-81)104-70)106-71-64(96)62(94)66(54(43-82)105-71)108-75(73(100)101)38-50(87)57(67(109-75)59(91)51(88)40-79)78-55(89)39-74(72(98)99)37-49(86)56(76-45(3)83)68(107-74)60(92)52(41-80)102-4/h46-54,56-68,70-71,79-82,84-88,90-96H,5-44H2,1-4H3,(H,76,83)(H,77,97)(H,78,89)(H,98,99)(H,100,101)/t46-,47+,48+,49-,50-,51+,52+,53+,54+,56+,57+,58-,59+,60+,61+,62+,63+,64+,65+,66-,67+,68+,70+,71-,74-,75+/m0/s1. The van der Waals surface area contributed by atoms with Gasteiger partial charge in [-0.15, -0.1) is 0 Å². The van der Waals surface area contributed by atoms with Gasteiger partial charge in [-0.1, -0.05) is 206 Å². The molecule has 34 nitrogen and oxygen atoms in total. The molecule has 3 amide bonds. The van der Waals surface area contributed by atoms with Gasteiger partial charge in [-0.05, 0) is 12.8 Å². The van der Waals surface area contributed by atoms with Gasteiger partial charge < -0.3 is 146 Å². The third-order valence-electron chi connectivity index (χ3n) is 21.5. The molecule has 0 spiro atoms. The summed E-state index contributed by atoms with van der Waals surface area (Å²) in [4.78, 5) is 66.3. The van der Waals surface area contributed by atoms with Crippen LogP contribution in [0.5, 0.6) is 0 Å². The van der Waals surface area contributed by atoms with Crippen molar-refractivity contribution in [3.63, 3.8) is 0 Å². The second kappa shape index (κ2) is 52.1. The molecule has 4 fully saturated rings. The van der Waals surface area contributed by atoms with Crippen LogP contribution in [0.3, 0.4) is 0 Å². The number of nitrogens with one attached hydrogen (secondary N) is 3. The normalized spacial score (nSPS) is 31.0. The Balaban J connectivity index is 1.43. The summed E-state index contributed by atoms with van der Waals surface area (Å²) in [7, 11) is 1.07. The van der Waals surface area contributed by atoms with Gasteiger partial charge in [0.2, 0.25) is 17.7 Å². The molecule has 0 bridgehead atoms. The van der Waals surface area contributed by atoms with E-state index in [2.05, 4.69) is 29.8 Å². The Morgan fingerprint density at radius 3 is 1.40 bits per heavy atom. The van der Waals surface area contributed by atoms with Gasteiger partial charge in [0.1, 0.15) is 97.7 Å². The maximum atomic E-state index is 14.1. The first kappa shape index (κ1) is 97.8. The molecular formula is C75H137N3O31. The van der Waals surface area contributed by atoms with E-state index in [4.69, 9.17) is 37.9 Å². The highest BCUT2D eigenvalue weighted by molar-refractivity contribution is 5.87. The number of aliphatic hydroxyl groups excluding tert-OH is 16. The van der Waals surface area contributed by atoms with Gasteiger partial charge in [-0.3, -0.25) is 14.4 Å². The lowest BCUT2D eigenvalue weighted by Crippen LogP contribution is -2.71. The third kappa shape index (κ3) is 31.2. The van der Waals surface area contributed by atoms with Crippen LogP contribution < -0.4 is 16.0 Å². The highest BCUT2D eigenvalue weighted by Gasteiger charge is 2.62. The van der Waals surface area contributed by atoms with Crippen LogP contribution in [-0.4, -0.2) is 320 Å². The summed E-state index contributed by atoms with van der Waals surface area (Å²) in [5, 5.41) is 206. The van der Waals surface area contributed by atoms with E-state index in [1.165, 1.54) is 116 Å². The van der Waals surface area contributed by atoms with Crippen molar-refractivity contribution in [1.82, 2.24) is 16.0 Å². The fourth-order valence-corrected chi connectivity index (χ4v) is 14.9. The molecule has 21 N–H and O–H groups in total. The maximum Gasteiger partial charge on any atom is 0.364 e. The quantitative estimate of drug-likeness (QED) is 0.0359. The molecule has 0 unspecified atom stereocenters. The van der Waals surface area contributed by atoms with Crippen molar-refractivity contribution < 1.29 is 154 Å². The molecule has 0 aliphatic carbocycles. The number of carbonyl (C=O) groups excluding carboxylic acids is 3. The topological polar surface area (TPSA) is 559 Å². The molecule has 0 aromatic carbocycles. The van der Waals surface area contributed by atoms with E-state index in [1.807, 2.05) is 0 Å². The zero-order valence-electron chi connectivity index (χ0n) is 64.5. The van der Waals surface area contributed by atoms with Crippen molar-refractivity contribution in [2.75, 3.05) is 40.1 Å². The lowest BCUT2D eigenvalue weighted by molar-refractivity contribution is -0.385. The average molecular weight is 1580 g/mol. The van der Waals surface area contributed by atoms with Crippen LogP contribution in [0.15, 0.2) is 0 Å². The number of rotatable bonds is 58. The smallest absolute Gasteiger partial charge is 0.364 e. The highest BCUT2D eigenvalue weighted by atomic mass is 16.8. The molecule has 4 aliphatic heterocycles. The van der Waals surface area contributed by atoms with E-state index in [-0.39, 0.29) is 12.8 Å². The van der Waals surface area contributed by atoms with E-state index in [9.17, 15) is 116 Å².